The quantitative estimate of drug-likeness (QED) is 0.813. The molecule has 1 amide bonds. The van der Waals surface area contributed by atoms with Gasteiger partial charge in [-0.3, -0.25) is 9.59 Å². The molecule has 1 aromatic carbocycles. The molecule has 2 N–H and O–H groups in total. The molecule has 0 aromatic heterocycles. The summed E-state index contributed by atoms with van der Waals surface area (Å²) in [6, 6.07) is 7.55. The van der Waals surface area contributed by atoms with Gasteiger partial charge in [-0.05, 0) is 24.3 Å². The summed E-state index contributed by atoms with van der Waals surface area (Å²) in [5.41, 5.74) is 0. The lowest BCUT2D eigenvalue weighted by Crippen LogP contribution is -2.30. The first-order valence-corrected chi connectivity index (χ1v) is 6.22. The minimum atomic E-state index is -1.04. The van der Waals surface area contributed by atoms with Gasteiger partial charge in [-0.15, -0.1) is 11.8 Å². The summed E-state index contributed by atoms with van der Waals surface area (Å²) in [6.45, 7) is -0.334. The standard InChI is InChI=1S/C10H10BrNO3S/c11-7-1-3-8(4-2-7)16-6-9(13)12-5-10(14)15/h1-4H,5-6H2,(H,12,13)(H,14,15). The van der Waals surface area contributed by atoms with Gasteiger partial charge >= 0.3 is 5.97 Å². The molecule has 6 heteroatoms. The van der Waals surface area contributed by atoms with E-state index in [1.165, 1.54) is 11.8 Å². The first kappa shape index (κ1) is 13.1. The smallest absolute Gasteiger partial charge is 0.322 e. The summed E-state index contributed by atoms with van der Waals surface area (Å²) >= 11 is 4.68. The van der Waals surface area contributed by atoms with Crippen LogP contribution in [-0.4, -0.2) is 29.3 Å². The fourth-order valence-electron chi connectivity index (χ4n) is 0.905. The van der Waals surface area contributed by atoms with Gasteiger partial charge in [-0.2, -0.15) is 0 Å². The Kier molecular flexibility index (Phi) is 5.34. The Morgan fingerprint density at radius 2 is 1.94 bits per heavy atom. The molecule has 1 aromatic rings. The van der Waals surface area contributed by atoms with Crippen LogP contribution in [0.3, 0.4) is 0 Å². The third kappa shape index (κ3) is 5.18. The lowest BCUT2D eigenvalue weighted by atomic mass is 10.4. The molecule has 0 bridgehead atoms. The van der Waals surface area contributed by atoms with E-state index in [9.17, 15) is 9.59 Å². The molecule has 16 heavy (non-hydrogen) atoms. The Labute approximate surface area is 106 Å². The van der Waals surface area contributed by atoms with E-state index in [-0.39, 0.29) is 18.2 Å². The van der Waals surface area contributed by atoms with Crippen LogP contribution < -0.4 is 5.32 Å². The molecule has 0 heterocycles. The zero-order valence-corrected chi connectivity index (χ0v) is 10.7. The van der Waals surface area contributed by atoms with Crippen molar-refractivity contribution in [3.8, 4) is 0 Å². The van der Waals surface area contributed by atoms with Crippen LogP contribution in [0.5, 0.6) is 0 Å². The number of hydrogen-bond acceptors (Lipinski definition) is 3. The first-order valence-electron chi connectivity index (χ1n) is 4.45. The summed E-state index contributed by atoms with van der Waals surface area (Å²) in [7, 11) is 0. The number of hydrogen-bond donors (Lipinski definition) is 2. The SMILES string of the molecule is O=C(O)CNC(=O)CSc1ccc(Br)cc1. The monoisotopic (exact) mass is 303 g/mol. The third-order valence-electron chi connectivity index (χ3n) is 1.62. The number of thioether (sulfide) groups is 1. The van der Waals surface area contributed by atoms with Crippen LogP contribution in [0.2, 0.25) is 0 Å². The second kappa shape index (κ2) is 6.55. The Bertz CT molecular complexity index is 380. The zero-order valence-electron chi connectivity index (χ0n) is 8.27. The largest absolute Gasteiger partial charge is 0.480 e. The van der Waals surface area contributed by atoms with E-state index in [2.05, 4.69) is 21.2 Å². The van der Waals surface area contributed by atoms with Gasteiger partial charge < -0.3 is 10.4 Å². The molecule has 0 saturated carbocycles. The fourth-order valence-corrected chi connectivity index (χ4v) is 1.90. The second-order valence-corrected chi connectivity index (χ2v) is 4.88. The molecule has 0 aliphatic carbocycles. The van der Waals surface area contributed by atoms with Crippen LogP contribution in [-0.2, 0) is 9.59 Å². The Balaban J connectivity index is 2.31. The van der Waals surface area contributed by atoms with Gasteiger partial charge in [0.25, 0.3) is 0 Å². The molecular weight excluding hydrogens is 294 g/mol. The molecule has 0 unspecified atom stereocenters. The van der Waals surface area contributed by atoms with Gasteiger partial charge in [-0.1, -0.05) is 15.9 Å². The lowest BCUT2D eigenvalue weighted by molar-refractivity contribution is -0.137. The van der Waals surface area contributed by atoms with Crippen molar-refractivity contribution in [2.75, 3.05) is 12.3 Å². The van der Waals surface area contributed by atoms with E-state index in [4.69, 9.17) is 5.11 Å². The molecule has 86 valence electrons. The number of amides is 1. The number of nitrogens with one attached hydrogen (secondary N) is 1. The van der Waals surface area contributed by atoms with Crippen LogP contribution in [0.25, 0.3) is 0 Å². The van der Waals surface area contributed by atoms with Gasteiger partial charge in [0.1, 0.15) is 6.54 Å². The number of carboxylic acid groups (broad SMARTS) is 1. The molecule has 0 saturated heterocycles. The fraction of sp³-hybridized carbons (Fsp3) is 0.200. The highest BCUT2D eigenvalue weighted by atomic mass is 79.9. The van der Waals surface area contributed by atoms with Crippen LogP contribution in [0.4, 0.5) is 0 Å². The van der Waals surface area contributed by atoms with Crippen LogP contribution in [0, 0.1) is 0 Å². The van der Waals surface area contributed by atoms with Crippen LogP contribution in [0.1, 0.15) is 0 Å². The molecule has 0 fully saturated rings. The van der Waals surface area contributed by atoms with E-state index < -0.39 is 5.97 Å². The van der Waals surface area contributed by atoms with Gasteiger partial charge in [-0.25, -0.2) is 0 Å². The third-order valence-corrected chi connectivity index (χ3v) is 3.16. The summed E-state index contributed by atoms with van der Waals surface area (Å²) in [6.07, 6.45) is 0. The van der Waals surface area contributed by atoms with Crippen LogP contribution >= 0.6 is 27.7 Å². The van der Waals surface area contributed by atoms with E-state index in [1.54, 1.807) is 0 Å². The number of benzene rings is 1. The normalized spacial score (nSPS) is 9.81. The van der Waals surface area contributed by atoms with E-state index >= 15 is 0 Å². The first-order chi connectivity index (χ1) is 7.58. The highest BCUT2D eigenvalue weighted by molar-refractivity contribution is 9.10. The highest BCUT2D eigenvalue weighted by Gasteiger charge is 2.04. The van der Waals surface area contributed by atoms with Gasteiger partial charge in [0.2, 0.25) is 5.91 Å². The molecule has 0 atom stereocenters. The van der Waals surface area contributed by atoms with Gasteiger partial charge in [0.05, 0.1) is 5.75 Å². The van der Waals surface area contributed by atoms with Crippen molar-refractivity contribution in [1.82, 2.24) is 5.32 Å². The summed E-state index contributed by atoms with van der Waals surface area (Å²) in [5.74, 6) is -1.10. The van der Waals surface area contributed by atoms with Gasteiger partial charge in [0, 0.05) is 9.37 Å². The Morgan fingerprint density at radius 3 is 2.50 bits per heavy atom. The maximum Gasteiger partial charge on any atom is 0.322 e. The maximum atomic E-state index is 11.2. The molecule has 4 nitrogen and oxygen atoms in total. The Hall–Kier alpha value is -1.01. The Morgan fingerprint density at radius 1 is 1.31 bits per heavy atom. The van der Waals surface area contributed by atoms with Crippen LogP contribution in [0.15, 0.2) is 33.6 Å². The molecule has 0 aliphatic heterocycles. The number of carbonyl (C=O) groups is 2. The zero-order chi connectivity index (χ0) is 12.0. The molecule has 0 radical (unpaired) electrons. The summed E-state index contributed by atoms with van der Waals surface area (Å²) in [4.78, 5) is 22.3. The van der Waals surface area contributed by atoms with Crippen molar-refractivity contribution in [2.45, 2.75) is 4.90 Å². The number of halogens is 1. The van der Waals surface area contributed by atoms with E-state index in [1.807, 2.05) is 24.3 Å². The second-order valence-electron chi connectivity index (χ2n) is 2.91. The van der Waals surface area contributed by atoms with Crippen molar-refractivity contribution in [3.05, 3.63) is 28.7 Å². The van der Waals surface area contributed by atoms with Crippen molar-refractivity contribution in [2.24, 2.45) is 0 Å². The molecule has 0 spiro atoms. The number of rotatable bonds is 5. The number of carbonyl (C=O) groups excluding carboxylic acids is 1. The molecule has 0 aliphatic rings. The average Bonchev–Trinajstić information content (AvgIpc) is 2.25. The lowest BCUT2D eigenvalue weighted by Gasteiger charge is -2.02. The van der Waals surface area contributed by atoms with E-state index in [0.717, 1.165) is 9.37 Å². The van der Waals surface area contributed by atoms with Crippen molar-refractivity contribution in [1.29, 1.82) is 0 Å². The van der Waals surface area contributed by atoms with Crippen molar-refractivity contribution >= 4 is 39.6 Å². The predicted octanol–water partition coefficient (Wildman–Crippen LogP) is 1.74. The minimum Gasteiger partial charge on any atom is -0.480 e. The van der Waals surface area contributed by atoms with Crippen molar-refractivity contribution in [3.63, 3.8) is 0 Å². The average molecular weight is 304 g/mol. The van der Waals surface area contributed by atoms with Crippen molar-refractivity contribution < 1.29 is 14.7 Å². The topological polar surface area (TPSA) is 66.4 Å². The number of carboxylic acids is 1. The molecular formula is C10H10BrNO3S. The predicted molar refractivity (Wildman–Crippen MR) is 65.5 cm³/mol. The van der Waals surface area contributed by atoms with E-state index in [0.29, 0.717) is 0 Å². The maximum absolute atomic E-state index is 11.2. The summed E-state index contributed by atoms with van der Waals surface area (Å²) < 4.78 is 0.979. The molecule has 1 rings (SSSR count). The highest BCUT2D eigenvalue weighted by Crippen LogP contribution is 2.20. The number of aliphatic carboxylic acids is 1. The minimum absolute atomic E-state index is 0.217. The van der Waals surface area contributed by atoms with Gasteiger partial charge in [0.15, 0.2) is 0 Å². The summed E-state index contributed by atoms with van der Waals surface area (Å²) in [5, 5.41) is 10.6.